The van der Waals surface area contributed by atoms with Crippen LogP contribution in [0.15, 0.2) is 96.7 Å². The summed E-state index contributed by atoms with van der Waals surface area (Å²) in [4.78, 5) is 0. The summed E-state index contributed by atoms with van der Waals surface area (Å²) in [5, 5.41) is 0. The maximum Gasteiger partial charge on any atom is 0.0134 e. The van der Waals surface area contributed by atoms with Crippen molar-refractivity contribution in [2.24, 2.45) is 16.9 Å². The molecule has 0 radical (unpaired) electrons. The third-order valence-corrected chi connectivity index (χ3v) is 4.86. The molecule has 0 heterocycles. The average Bonchev–Trinajstić information content (AvgIpc) is 2.68. The van der Waals surface area contributed by atoms with Crippen molar-refractivity contribution in [2.45, 2.75) is 46.5 Å². The summed E-state index contributed by atoms with van der Waals surface area (Å²) in [6, 6.07) is 0. The van der Waals surface area contributed by atoms with Crippen LogP contribution in [0.25, 0.3) is 0 Å². The van der Waals surface area contributed by atoms with Gasteiger partial charge in [-0.2, -0.15) is 0 Å². The minimum atomic E-state index is -0.188. The van der Waals surface area contributed by atoms with Gasteiger partial charge in [-0.3, -0.25) is 0 Å². The number of hydrogen-bond donors (Lipinski definition) is 2. The predicted molar refractivity (Wildman–Crippen MR) is 128 cm³/mol. The lowest BCUT2D eigenvalue weighted by molar-refractivity contribution is 0.570. The normalized spacial score (nSPS) is 13.8. The van der Waals surface area contributed by atoms with Crippen LogP contribution in [0.4, 0.5) is 0 Å². The fraction of sp³-hybridized carbons (Fsp3) is 0.385. The molecule has 154 valence electrons. The van der Waals surface area contributed by atoms with Gasteiger partial charge in [0.05, 0.1) is 0 Å². The van der Waals surface area contributed by atoms with Gasteiger partial charge >= 0.3 is 0 Å². The Kier molecular flexibility index (Phi) is 13.7. The van der Waals surface area contributed by atoms with Crippen molar-refractivity contribution in [3.8, 4) is 0 Å². The van der Waals surface area contributed by atoms with E-state index in [-0.39, 0.29) is 5.41 Å². The third kappa shape index (κ3) is 10.2. The number of allylic oxidation sites excluding steroid dienone is 11. The van der Waals surface area contributed by atoms with Crippen LogP contribution in [0.2, 0.25) is 0 Å². The molecule has 0 aliphatic carbocycles. The molecule has 0 aromatic heterocycles. The van der Waals surface area contributed by atoms with Gasteiger partial charge in [0.2, 0.25) is 0 Å². The third-order valence-electron chi connectivity index (χ3n) is 4.86. The molecular formula is C26H40N2. The summed E-state index contributed by atoms with van der Waals surface area (Å²) in [7, 11) is 0. The first kappa shape index (κ1) is 25.8. The molecule has 0 bridgehead atoms. The standard InChI is InChI=1S/C26H40N2/c1-7-24(18-20-27)16-11-9-10-14-22(3)26(5,6)23(4)15-12-13-17-25(8-2)19-21-28/h7-8,10-12,14-17H,2-4,9,13,18-21,27-28H2,1,5-6H3. The fourth-order valence-corrected chi connectivity index (χ4v) is 2.51. The second-order valence-electron chi connectivity index (χ2n) is 7.28. The molecule has 2 heteroatoms. The zero-order valence-electron chi connectivity index (χ0n) is 18.2. The Balaban J connectivity index is 4.70. The Morgan fingerprint density at radius 2 is 1.32 bits per heavy atom. The van der Waals surface area contributed by atoms with E-state index in [0.717, 1.165) is 36.8 Å². The van der Waals surface area contributed by atoms with E-state index in [2.05, 4.69) is 82.2 Å². The van der Waals surface area contributed by atoms with E-state index < -0.39 is 0 Å². The molecule has 0 aromatic rings. The highest BCUT2D eigenvalue weighted by Gasteiger charge is 2.21. The highest BCUT2D eigenvalue weighted by Crippen LogP contribution is 2.34. The molecule has 0 aromatic carbocycles. The lowest BCUT2D eigenvalue weighted by Gasteiger charge is -2.26. The van der Waals surface area contributed by atoms with Crippen molar-refractivity contribution in [1.29, 1.82) is 0 Å². The quantitative estimate of drug-likeness (QED) is 0.346. The molecule has 0 unspecified atom stereocenters. The van der Waals surface area contributed by atoms with Gasteiger partial charge < -0.3 is 11.5 Å². The Morgan fingerprint density at radius 1 is 0.821 bits per heavy atom. The van der Waals surface area contributed by atoms with E-state index in [4.69, 9.17) is 11.5 Å². The summed E-state index contributed by atoms with van der Waals surface area (Å²) in [5.74, 6) is 0. The largest absolute Gasteiger partial charge is 0.330 e. The van der Waals surface area contributed by atoms with Crippen LogP contribution in [0.5, 0.6) is 0 Å². The molecule has 0 spiro atoms. The molecule has 4 N–H and O–H groups in total. The van der Waals surface area contributed by atoms with Gasteiger partial charge in [-0.15, -0.1) is 0 Å². The Labute approximate surface area is 173 Å². The van der Waals surface area contributed by atoms with Crippen LogP contribution < -0.4 is 11.5 Å². The van der Waals surface area contributed by atoms with Crippen LogP contribution in [-0.4, -0.2) is 13.1 Å². The Hall–Kier alpha value is -2.16. The highest BCUT2D eigenvalue weighted by atomic mass is 14.5. The summed E-state index contributed by atoms with van der Waals surface area (Å²) in [6.07, 6.45) is 22.4. The van der Waals surface area contributed by atoms with Crippen LogP contribution in [-0.2, 0) is 0 Å². The first-order valence-electron chi connectivity index (χ1n) is 10.1. The molecule has 0 saturated heterocycles. The van der Waals surface area contributed by atoms with Gasteiger partial charge in [-0.25, -0.2) is 0 Å². The van der Waals surface area contributed by atoms with Crippen LogP contribution in [0.1, 0.15) is 46.5 Å². The second kappa shape index (κ2) is 14.8. The zero-order valence-corrected chi connectivity index (χ0v) is 18.2. The lowest BCUT2D eigenvalue weighted by Crippen LogP contribution is -2.14. The molecule has 0 aliphatic rings. The molecule has 0 rings (SSSR count). The number of hydrogen-bond acceptors (Lipinski definition) is 2. The molecule has 0 aliphatic heterocycles. The van der Waals surface area contributed by atoms with Gasteiger partial charge in [0, 0.05) is 5.41 Å². The summed E-state index contributed by atoms with van der Waals surface area (Å²) >= 11 is 0. The number of nitrogens with two attached hydrogens (primary N) is 2. The molecule has 0 saturated carbocycles. The van der Waals surface area contributed by atoms with E-state index >= 15 is 0 Å². The van der Waals surface area contributed by atoms with Crippen molar-refractivity contribution in [3.05, 3.63) is 96.7 Å². The second-order valence-corrected chi connectivity index (χ2v) is 7.28. The first-order chi connectivity index (χ1) is 13.3. The van der Waals surface area contributed by atoms with Crippen molar-refractivity contribution in [1.82, 2.24) is 0 Å². The lowest BCUT2D eigenvalue weighted by atomic mass is 9.78. The Bertz CT molecular complexity index is 652. The zero-order chi connectivity index (χ0) is 21.4. The summed E-state index contributed by atoms with van der Waals surface area (Å²) < 4.78 is 0. The summed E-state index contributed by atoms with van der Waals surface area (Å²) in [6.45, 7) is 20.0. The van der Waals surface area contributed by atoms with E-state index in [1.54, 1.807) is 0 Å². The molecule has 2 nitrogen and oxygen atoms in total. The predicted octanol–water partition coefficient (Wildman–Crippen LogP) is 6.33. The average molecular weight is 381 g/mol. The highest BCUT2D eigenvalue weighted by molar-refractivity contribution is 5.37. The molecular weight excluding hydrogens is 340 g/mol. The van der Waals surface area contributed by atoms with Crippen LogP contribution in [0, 0.1) is 5.41 Å². The van der Waals surface area contributed by atoms with E-state index in [0.29, 0.717) is 13.1 Å². The van der Waals surface area contributed by atoms with Gasteiger partial charge in [0.15, 0.2) is 0 Å². The minimum absolute atomic E-state index is 0.188. The molecule has 0 atom stereocenters. The summed E-state index contributed by atoms with van der Waals surface area (Å²) in [5.41, 5.74) is 15.6. The van der Waals surface area contributed by atoms with E-state index in [1.165, 1.54) is 11.1 Å². The van der Waals surface area contributed by atoms with E-state index in [1.807, 2.05) is 13.0 Å². The van der Waals surface area contributed by atoms with Crippen molar-refractivity contribution in [2.75, 3.05) is 13.1 Å². The van der Waals surface area contributed by atoms with Gasteiger partial charge in [0.25, 0.3) is 0 Å². The molecule has 0 fully saturated rings. The van der Waals surface area contributed by atoms with Crippen molar-refractivity contribution < 1.29 is 0 Å². The Morgan fingerprint density at radius 3 is 1.82 bits per heavy atom. The maximum atomic E-state index is 5.60. The minimum Gasteiger partial charge on any atom is -0.330 e. The van der Waals surface area contributed by atoms with Crippen LogP contribution >= 0.6 is 0 Å². The monoisotopic (exact) mass is 380 g/mol. The molecule has 0 amide bonds. The van der Waals surface area contributed by atoms with E-state index in [9.17, 15) is 0 Å². The topological polar surface area (TPSA) is 52.0 Å². The molecule has 28 heavy (non-hydrogen) atoms. The maximum absolute atomic E-state index is 5.60. The van der Waals surface area contributed by atoms with Gasteiger partial charge in [0.1, 0.15) is 0 Å². The van der Waals surface area contributed by atoms with Crippen molar-refractivity contribution >= 4 is 0 Å². The van der Waals surface area contributed by atoms with Crippen LogP contribution in [0.3, 0.4) is 0 Å². The first-order valence-corrected chi connectivity index (χ1v) is 10.1. The number of rotatable bonds is 14. The van der Waals surface area contributed by atoms with Gasteiger partial charge in [-0.05, 0) is 56.8 Å². The fourth-order valence-electron chi connectivity index (χ4n) is 2.51. The SMILES string of the molecule is C=CC(=CCC=CC(=C)C(C)(C)C(=C)C=CCC=CC(=CC)CCN)CCN. The van der Waals surface area contributed by atoms with Crippen molar-refractivity contribution in [3.63, 3.8) is 0 Å². The smallest absolute Gasteiger partial charge is 0.0134 e. The van der Waals surface area contributed by atoms with Gasteiger partial charge in [-0.1, -0.05) is 99.4 Å².